The average Bonchev–Trinajstić information content (AvgIpc) is 1.97. The summed E-state index contributed by atoms with van der Waals surface area (Å²) in [5, 5.41) is 0. The van der Waals surface area contributed by atoms with E-state index in [2.05, 4.69) is 54.5 Å². The predicted molar refractivity (Wildman–Crippen MR) is 61.8 cm³/mol. The molecule has 13 heavy (non-hydrogen) atoms. The minimum absolute atomic E-state index is 0.438. The van der Waals surface area contributed by atoms with Gasteiger partial charge in [-0.1, -0.05) is 53.2 Å². The highest BCUT2D eigenvalue weighted by Crippen LogP contribution is 2.29. The Morgan fingerprint density at radius 3 is 1.92 bits per heavy atom. The first kappa shape index (κ1) is 12.7. The molecule has 0 aliphatic heterocycles. The zero-order valence-electron chi connectivity index (χ0n) is 10.4. The Balaban J connectivity index is 4.09. The van der Waals surface area contributed by atoms with E-state index in [0.29, 0.717) is 11.3 Å². The Labute approximate surface area is 84.4 Å². The van der Waals surface area contributed by atoms with Crippen molar-refractivity contribution in [3.05, 3.63) is 11.6 Å². The van der Waals surface area contributed by atoms with Gasteiger partial charge in [-0.25, -0.2) is 0 Å². The molecule has 1 atom stereocenters. The van der Waals surface area contributed by atoms with Gasteiger partial charge < -0.3 is 0 Å². The first-order chi connectivity index (χ1) is 5.75. The van der Waals surface area contributed by atoms with Crippen LogP contribution in [-0.4, -0.2) is 0 Å². The SMILES string of the molecule is C/C(=C\CC(C)C(C)(C)C)C(C)C. The van der Waals surface area contributed by atoms with E-state index in [1.165, 1.54) is 12.0 Å². The normalized spacial score (nSPS) is 16.5. The number of hydrogen-bond acceptors (Lipinski definition) is 0. The molecule has 0 aliphatic carbocycles. The molecular weight excluding hydrogens is 156 g/mol. The second kappa shape index (κ2) is 4.83. The van der Waals surface area contributed by atoms with Gasteiger partial charge in [0.2, 0.25) is 0 Å². The van der Waals surface area contributed by atoms with Crippen molar-refractivity contribution in [1.29, 1.82) is 0 Å². The fourth-order valence-electron chi connectivity index (χ4n) is 0.952. The third kappa shape index (κ3) is 5.13. The van der Waals surface area contributed by atoms with Gasteiger partial charge in [-0.3, -0.25) is 0 Å². The third-order valence-corrected chi connectivity index (χ3v) is 3.18. The fourth-order valence-corrected chi connectivity index (χ4v) is 0.952. The van der Waals surface area contributed by atoms with Crippen LogP contribution in [0, 0.1) is 17.3 Å². The predicted octanol–water partition coefficient (Wildman–Crippen LogP) is 4.66. The number of allylic oxidation sites excluding steroid dienone is 2. The summed E-state index contributed by atoms with van der Waals surface area (Å²) in [6.07, 6.45) is 3.62. The molecule has 0 radical (unpaired) electrons. The van der Waals surface area contributed by atoms with Gasteiger partial charge >= 0.3 is 0 Å². The molecule has 0 nitrogen and oxygen atoms in total. The van der Waals surface area contributed by atoms with E-state index in [0.717, 1.165) is 5.92 Å². The highest BCUT2D eigenvalue weighted by molar-refractivity contribution is 5.01. The Morgan fingerprint density at radius 1 is 1.15 bits per heavy atom. The van der Waals surface area contributed by atoms with Crippen molar-refractivity contribution >= 4 is 0 Å². The topological polar surface area (TPSA) is 0 Å². The van der Waals surface area contributed by atoms with Crippen molar-refractivity contribution in [2.24, 2.45) is 17.3 Å². The molecule has 0 spiro atoms. The minimum Gasteiger partial charge on any atom is -0.0851 e. The van der Waals surface area contributed by atoms with E-state index in [-0.39, 0.29) is 0 Å². The molecule has 0 saturated carbocycles. The molecule has 0 N–H and O–H groups in total. The Kier molecular flexibility index (Phi) is 4.74. The van der Waals surface area contributed by atoms with Gasteiger partial charge in [0.05, 0.1) is 0 Å². The maximum absolute atomic E-state index is 2.40. The van der Waals surface area contributed by atoms with Crippen LogP contribution in [0.1, 0.15) is 54.9 Å². The first-order valence-corrected chi connectivity index (χ1v) is 5.41. The van der Waals surface area contributed by atoms with Crippen molar-refractivity contribution in [3.8, 4) is 0 Å². The van der Waals surface area contributed by atoms with Crippen molar-refractivity contribution in [3.63, 3.8) is 0 Å². The molecular formula is C13H26. The van der Waals surface area contributed by atoms with Gasteiger partial charge in [0, 0.05) is 0 Å². The van der Waals surface area contributed by atoms with E-state index >= 15 is 0 Å². The molecule has 0 aliphatic rings. The van der Waals surface area contributed by atoms with Crippen LogP contribution in [0.3, 0.4) is 0 Å². The highest BCUT2D eigenvalue weighted by atomic mass is 14.2. The van der Waals surface area contributed by atoms with Gasteiger partial charge in [-0.2, -0.15) is 0 Å². The van der Waals surface area contributed by atoms with Crippen LogP contribution in [0.5, 0.6) is 0 Å². The molecule has 0 aromatic rings. The van der Waals surface area contributed by atoms with E-state index in [4.69, 9.17) is 0 Å². The van der Waals surface area contributed by atoms with Gasteiger partial charge in [-0.05, 0) is 30.6 Å². The summed E-state index contributed by atoms with van der Waals surface area (Å²) in [5.74, 6) is 1.47. The second-order valence-electron chi connectivity index (χ2n) is 5.61. The second-order valence-corrected chi connectivity index (χ2v) is 5.61. The van der Waals surface area contributed by atoms with Crippen molar-refractivity contribution in [1.82, 2.24) is 0 Å². The van der Waals surface area contributed by atoms with Crippen molar-refractivity contribution < 1.29 is 0 Å². The van der Waals surface area contributed by atoms with Gasteiger partial charge in [-0.15, -0.1) is 0 Å². The summed E-state index contributed by atoms with van der Waals surface area (Å²) < 4.78 is 0. The monoisotopic (exact) mass is 182 g/mol. The maximum atomic E-state index is 2.40. The van der Waals surface area contributed by atoms with E-state index in [1.807, 2.05) is 0 Å². The highest BCUT2D eigenvalue weighted by Gasteiger charge is 2.18. The zero-order chi connectivity index (χ0) is 10.6. The lowest BCUT2D eigenvalue weighted by Crippen LogP contribution is -2.16. The third-order valence-electron chi connectivity index (χ3n) is 3.18. The van der Waals surface area contributed by atoms with E-state index in [1.54, 1.807) is 0 Å². The average molecular weight is 182 g/mol. The Morgan fingerprint density at radius 2 is 1.62 bits per heavy atom. The van der Waals surface area contributed by atoms with E-state index in [9.17, 15) is 0 Å². The molecule has 0 rings (SSSR count). The summed E-state index contributed by atoms with van der Waals surface area (Å²) in [4.78, 5) is 0. The summed E-state index contributed by atoms with van der Waals surface area (Å²) >= 11 is 0. The van der Waals surface area contributed by atoms with Crippen LogP contribution in [-0.2, 0) is 0 Å². The molecule has 0 bridgehead atoms. The van der Waals surface area contributed by atoms with Crippen LogP contribution in [0.2, 0.25) is 0 Å². The standard InChI is InChI=1S/C13H26/c1-10(2)11(3)8-9-12(4)13(5,6)7/h8,10,12H,9H2,1-7H3/b11-8+. The lowest BCUT2D eigenvalue weighted by molar-refractivity contribution is 0.263. The van der Waals surface area contributed by atoms with Crippen LogP contribution in [0.4, 0.5) is 0 Å². The van der Waals surface area contributed by atoms with Crippen LogP contribution < -0.4 is 0 Å². The molecule has 0 amide bonds. The first-order valence-electron chi connectivity index (χ1n) is 5.41. The summed E-state index contributed by atoms with van der Waals surface area (Å²) in [7, 11) is 0. The van der Waals surface area contributed by atoms with Crippen LogP contribution >= 0.6 is 0 Å². The van der Waals surface area contributed by atoms with Gasteiger partial charge in [0.1, 0.15) is 0 Å². The number of hydrogen-bond donors (Lipinski definition) is 0. The minimum atomic E-state index is 0.438. The van der Waals surface area contributed by atoms with E-state index < -0.39 is 0 Å². The molecule has 0 heterocycles. The van der Waals surface area contributed by atoms with Gasteiger partial charge in [0.25, 0.3) is 0 Å². The molecule has 0 aromatic carbocycles. The quantitative estimate of drug-likeness (QED) is 0.557. The molecule has 0 aromatic heterocycles. The molecule has 0 saturated heterocycles. The zero-order valence-corrected chi connectivity index (χ0v) is 10.4. The molecule has 0 heteroatoms. The summed E-state index contributed by atoms with van der Waals surface area (Å²) in [6.45, 7) is 16.0. The van der Waals surface area contributed by atoms with Crippen LogP contribution in [0.15, 0.2) is 11.6 Å². The maximum Gasteiger partial charge on any atom is -0.0263 e. The lowest BCUT2D eigenvalue weighted by Gasteiger charge is -2.26. The van der Waals surface area contributed by atoms with Gasteiger partial charge in [0.15, 0.2) is 0 Å². The Hall–Kier alpha value is -0.260. The summed E-state index contributed by atoms with van der Waals surface area (Å²) in [6, 6.07) is 0. The number of rotatable bonds is 3. The van der Waals surface area contributed by atoms with Crippen molar-refractivity contribution in [2.45, 2.75) is 54.9 Å². The van der Waals surface area contributed by atoms with Crippen LogP contribution in [0.25, 0.3) is 0 Å². The molecule has 1 unspecified atom stereocenters. The summed E-state index contributed by atoms with van der Waals surface area (Å²) in [5.41, 5.74) is 1.96. The lowest BCUT2D eigenvalue weighted by atomic mass is 9.79. The molecule has 78 valence electrons. The Bertz CT molecular complexity index is 167. The largest absolute Gasteiger partial charge is 0.0851 e. The van der Waals surface area contributed by atoms with Crippen molar-refractivity contribution in [2.75, 3.05) is 0 Å². The molecule has 0 fully saturated rings. The fraction of sp³-hybridized carbons (Fsp3) is 0.846. The smallest absolute Gasteiger partial charge is 0.0263 e.